The molecule has 0 unspecified atom stereocenters. The summed E-state index contributed by atoms with van der Waals surface area (Å²) in [6.07, 6.45) is 8.72. The minimum Gasteiger partial charge on any atom is -0.287 e. The van der Waals surface area contributed by atoms with E-state index in [9.17, 15) is 0 Å². The zero-order chi connectivity index (χ0) is 10.5. The highest BCUT2D eigenvalue weighted by Gasteiger charge is 2.29. The fourth-order valence-electron chi connectivity index (χ4n) is 2.98. The van der Waals surface area contributed by atoms with Crippen LogP contribution in [0.15, 0.2) is 28.0 Å². The minimum atomic E-state index is 0.648. The van der Waals surface area contributed by atoms with Gasteiger partial charge in [0, 0.05) is 23.9 Å². The molecule has 0 saturated heterocycles. The summed E-state index contributed by atoms with van der Waals surface area (Å²) in [6, 6.07) is 0. The molecule has 0 radical (unpaired) electrons. The Labute approximate surface area is 93.4 Å². The highest BCUT2D eigenvalue weighted by molar-refractivity contribution is 5.96. The second kappa shape index (κ2) is 2.90. The van der Waals surface area contributed by atoms with Gasteiger partial charge >= 0.3 is 0 Å². The van der Waals surface area contributed by atoms with Gasteiger partial charge in [-0.05, 0) is 24.8 Å². The molecule has 1 aromatic rings. The lowest BCUT2D eigenvalue weighted by Gasteiger charge is -2.08. The Morgan fingerprint density at radius 1 is 1.25 bits per heavy atom. The molecule has 4 rings (SSSR count). The van der Waals surface area contributed by atoms with Gasteiger partial charge in [0.25, 0.3) is 0 Å². The van der Waals surface area contributed by atoms with Crippen molar-refractivity contribution in [1.29, 1.82) is 0 Å². The van der Waals surface area contributed by atoms with E-state index in [-0.39, 0.29) is 0 Å². The molecule has 0 saturated carbocycles. The molecule has 1 aliphatic heterocycles. The van der Waals surface area contributed by atoms with Crippen molar-refractivity contribution in [3.63, 3.8) is 0 Å². The van der Waals surface area contributed by atoms with Crippen LogP contribution in [0.1, 0.15) is 31.5 Å². The molecule has 0 N–H and O–H groups in total. The second-order valence-corrected chi connectivity index (χ2v) is 4.56. The molecular formula is C12H12N4. The normalized spacial score (nSPS) is 22.2. The maximum absolute atomic E-state index is 4.45. The van der Waals surface area contributed by atoms with E-state index in [1.165, 1.54) is 30.5 Å². The minimum absolute atomic E-state index is 0.648. The zero-order valence-electron chi connectivity index (χ0n) is 8.98. The van der Waals surface area contributed by atoms with E-state index in [2.05, 4.69) is 19.8 Å². The SMILES string of the molecule is C1=NCc2nncn2C2=C1C1=C(CCC1)C2. The molecule has 2 aliphatic carbocycles. The lowest BCUT2D eigenvalue weighted by atomic mass is 10.1. The summed E-state index contributed by atoms with van der Waals surface area (Å²) in [6.45, 7) is 0.648. The number of hydrogen-bond acceptors (Lipinski definition) is 3. The van der Waals surface area contributed by atoms with Crippen molar-refractivity contribution < 1.29 is 0 Å². The smallest absolute Gasteiger partial charge is 0.158 e. The van der Waals surface area contributed by atoms with E-state index in [4.69, 9.17) is 0 Å². The fraction of sp³-hybridized carbons (Fsp3) is 0.417. The third-order valence-electron chi connectivity index (χ3n) is 3.71. The summed E-state index contributed by atoms with van der Waals surface area (Å²) in [5.41, 5.74) is 5.83. The lowest BCUT2D eigenvalue weighted by molar-refractivity contribution is 0.846. The van der Waals surface area contributed by atoms with Gasteiger partial charge in [-0.2, -0.15) is 0 Å². The molecular weight excluding hydrogens is 200 g/mol. The Hall–Kier alpha value is -1.71. The summed E-state index contributed by atoms with van der Waals surface area (Å²) in [5.74, 6) is 0.961. The molecule has 2 heterocycles. The van der Waals surface area contributed by atoms with Crippen LogP contribution in [-0.2, 0) is 6.54 Å². The predicted octanol–water partition coefficient (Wildman–Crippen LogP) is 1.96. The zero-order valence-corrected chi connectivity index (χ0v) is 8.98. The van der Waals surface area contributed by atoms with E-state index in [0.717, 1.165) is 12.2 Å². The first-order chi connectivity index (χ1) is 7.93. The first-order valence-corrected chi connectivity index (χ1v) is 5.77. The van der Waals surface area contributed by atoms with Crippen molar-refractivity contribution in [3.05, 3.63) is 28.9 Å². The summed E-state index contributed by atoms with van der Waals surface area (Å²) in [4.78, 5) is 4.45. The van der Waals surface area contributed by atoms with Crippen molar-refractivity contribution in [1.82, 2.24) is 14.8 Å². The average molecular weight is 212 g/mol. The van der Waals surface area contributed by atoms with Crippen molar-refractivity contribution in [2.45, 2.75) is 32.2 Å². The van der Waals surface area contributed by atoms with Crippen LogP contribution in [0.25, 0.3) is 5.70 Å². The summed E-state index contributed by atoms with van der Waals surface area (Å²) < 4.78 is 2.13. The Kier molecular flexibility index (Phi) is 1.53. The lowest BCUT2D eigenvalue weighted by Crippen LogP contribution is -2.01. The van der Waals surface area contributed by atoms with Gasteiger partial charge in [0.1, 0.15) is 6.33 Å². The van der Waals surface area contributed by atoms with Gasteiger partial charge in [0.05, 0.1) is 6.54 Å². The van der Waals surface area contributed by atoms with E-state index in [1.807, 2.05) is 12.5 Å². The second-order valence-electron chi connectivity index (χ2n) is 4.56. The standard InChI is InChI=1S/C12H12N4/c1-2-8-4-11-10(9(8)3-1)5-13-6-12-15-14-7-16(11)12/h5,7H,1-4,6H2. The highest BCUT2D eigenvalue weighted by atomic mass is 15.3. The molecule has 16 heavy (non-hydrogen) atoms. The summed E-state index contributed by atoms with van der Waals surface area (Å²) >= 11 is 0. The van der Waals surface area contributed by atoms with Gasteiger partial charge < -0.3 is 0 Å². The van der Waals surface area contributed by atoms with Crippen molar-refractivity contribution in [3.8, 4) is 0 Å². The topological polar surface area (TPSA) is 43.1 Å². The van der Waals surface area contributed by atoms with Crippen molar-refractivity contribution in [2.24, 2.45) is 4.99 Å². The molecule has 0 atom stereocenters. The van der Waals surface area contributed by atoms with Gasteiger partial charge in [0.2, 0.25) is 0 Å². The number of allylic oxidation sites excluding steroid dienone is 4. The van der Waals surface area contributed by atoms with E-state index >= 15 is 0 Å². The van der Waals surface area contributed by atoms with Crippen molar-refractivity contribution in [2.75, 3.05) is 0 Å². The van der Waals surface area contributed by atoms with Crippen LogP contribution < -0.4 is 0 Å². The van der Waals surface area contributed by atoms with Crippen LogP contribution >= 0.6 is 0 Å². The van der Waals surface area contributed by atoms with E-state index < -0.39 is 0 Å². The van der Waals surface area contributed by atoms with Gasteiger partial charge in [-0.25, -0.2) is 0 Å². The average Bonchev–Trinajstić information content (AvgIpc) is 2.93. The predicted molar refractivity (Wildman–Crippen MR) is 60.9 cm³/mol. The number of hydrogen-bond donors (Lipinski definition) is 0. The first kappa shape index (κ1) is 8.44. The van der Waals surface area contributed by atoms with Crippen LogP contribution in [0.4, 0.5) is 0 Å². The first-order valence-electron chi connectivity index (χ1n) is 5.77. The van der Waals surface area contributed by atoms with Crippen molar-refractivity contribution >= 4 is 11.9 Å². The third kappa shape index (κ3) is 0.965. The fourth-order valence-corrected chi connectivity index (χ4v) is 2.98. The third-order valence-corrected chi connectivity index (χ3v) is 3.71. The Balaban J connectivity index is 1.92. The van der Waals surface area contributed by atoms with Crippen LogP contribution in [0.5, 0.6) is 0 Å². The van der Waals surface area contributed by atoms with Gasteiger partial charge in [-0.1, -0.05) is 5.57 Å². The molecule has 0 bridgehead atoms. The molecule has 80 valence electrons. The maximum Gasteiger partial charge on any atom is 0.158 e. The molecule has 1 aromatic heterocycles. The van der Waals surface area contributed by atoms with Gasteiger partial charge in [-0.15, -0.1) is 10.2 Å². The maximum atomic E-state index is 4.45. The van der Waals surface area contributed by atoms with Crippen LogP contribution in [0.2, 0.25) is 0 Å². The summed E-state index contributed by atoms with van der Waals surface area (Å²) in [7, 11) is 0. The number of aromatic nitrogens is 3. The monoisotopic (exact) mass is 212 g/mol. The van der Waals surface area contributed by atoms with Gasteiger partial charge in [0.15, 0.2) is 5.82 Å². The van der Waals surface area contributed by atoms with Crippen LogP contribution in [0, 0.1) is 0 Å². The number of fused-ring (bicyclic) bond motifs is 3. The Bertz CT molecular complexity index is 559. The number of nitrogens with zero attached hydrogens (tertiary/aromatic N) is 4. The molecule has 3 aliphatic rings. The molecule has 0 fully saturated rings. The molecule has 0 spiro atoms. The van der Waals surface area contributed by atoms with Gasteiger partial charge in [-0.3, -0.25) is 9.56 Å². The van der Waals surface area contributed by atoms with E-state index in [0.29, 0.717) is 6.54 Å². The number of aliphatic imine (C=N–C) groups is 1. The quantitative estimate of drug-likeness (QED) is 0.659. The number of rotatable bonds is 0. The summed E-state index contributed by atoms with van der Waals surface area (Å²) in [5, 5.41) is 8.10. The molecule has 0 aromatic carbocycles. The van der Waals surface area contributed by atoms with Crippen LogP contribution in [-0.4, -0.2) is 21.0 Å². The van der Waals surface area contributed by atoms with E-state index in [1.54, 1.807) is 11.1 Å². The Morgan fingerprint density at radius 2 is 2.25 bits per heavy atom. The largest absolute Gasteiger partial charge is 0.287 e. The van der Waals surface area contributed by atoms with Crippen LogP contribution in [0.3, 0.4) is 0 Å². The Morgan fingerprint density at radius 3 is 3.25 bits per heavy atom. The molecule has 4 heteroatoms. The molecule has 0 amide bonds. The highest BCUT2D eigenvalue weighted by Crippen LogP contribution is 2.44. The molecule has 4 nitrogen and oxygen atoms in total.